The van der Waals surface area contributed by atoms with Crippen molar-refractivity contribution in [2.75, 3.05) is 5.88 Å². The maximum atomic E-state index is 13.1. The van der Waals surface area contributed by atoms with Gasteiger partial charge in [0.2, 0.25) is 0 Å². The lowest BCUT2D eigenvalue weighted by molar-refractivity contribution is 0.618. The van der Waals surface area contributed by atoms with Gasteiger partial charge in [-0.15, -0.1) is 11.6 Å². The lowest BCUT2D eigenvalue weighted by atomic mass is 10.1. The Hall–Kier alpha value is -0.710. The van der Waals surface area contributed by atoms with Gasteiger partial charge in [0.25, 0.3) is 0 Å². The molecular weight excluding hydrogens is 222 g/mol. The van der Waals surface area contributed by atoms with E-state index in [0.29, 0.717) is 28.5 Å². The van der Waals surface area contributed by atoms with Crippen LogP contribution in [-0.2, 0) is 0 Å². The average Bonchev–Trinajstić information content (AvgIpc) is 2.14. The highest BCUT2D eigenvalue weighted by atomic mass is 35.5. The van der Waals surface area contributed by atoms with Crippen LogP contribution in [0.3, 0.4) is 0 Å². The summed E-state index contributed by atoms with van der Waals surface area (Å²) >= 11 is 11.3. The Bertz CT molecular complexity index is 388. The maximum Gasteiger partial charge on any atom is 0.127 e. The summed E-state index contributed by atoms with van der Waals surface area (Å²) in [5, 5.41) is 0.478. The zero-order chi connectivity index (χ0) is 10.6. The van der Waals surface area contributed by atoms with Gasteiger partial charge in [0.05, 0.1) is 5.02 Å². The Labute approximate surface area is 93.0 Å². The number of hydrogen-bond acceptors (Lipinski definition) is 0. The van der Waals surface area contributed by atoms with E-state index in [0.717, 1.165) is 0 Å². The molecule has 3 heteroatoms. The second-order valence-corrected chi connectivity index (χ2v) is 3.61. The lowest BCUT2D eigenvalue weighted by Gasteiger charge is -1.99. The third-order valence-corrected chi connectivity index (χ3v) is 2.19. The molecule has 0 radical (unpaired) electrons. The molecule has 0 unspecified atom stereocenters. The standard InChI is InChI=1S/C11H9Cl2F/c1-8-6-10(13)9(7-11(8)14)4-2-3-5-12/h6-7H,3,5H2,1H3. The van der Waals surface area contributed by atoms with Crippen molar-refractivity contribution in [2.45, 2.75) is 13.3 Å². The second-order valence-electron chi connectivity index (χ2n) is 2.82. The summed E-state index contributed by atoms with van der Waals surface area (Å²) in [5.74, 6) is 5.77. The molecule has 1 aromatic carbocycles. The Balaban J connectivity index is 3.00. The van der Waals surface area contributed by atoms with E-state index < -0.39 is 0 Å². The van der Waals surface area contributed by atoms with Gasteiger partial charge in [-0.3, -0.25) is 0 Å². The summed E-state index contributed by atoms with van der Waals surface area (Å²) in [4.78, 5) is 0. The van der Waals surface area contributed by atoms with Crippen molar-refractivity contribution in [3.63, 3.8) is 0 Å². The fourth-order valence-electron chi connectivity index (χ4n) is 0.947. The van der Waals surface area contributed by atoms with Gasteiger partial charge in [-0.1, -0.05) is 23.4 Å². The molecule has 74 valence electrons. The largest absolute Gasteiger partial charge is 0.207 e. The maximum absolute atomic E-state index is 13.1. The van der Waals surface area contributed by atoms with Crippen LogP contribution in [0.25, 0.3) is 0 Å². The van der Waals surface area contributed by atoms with E-state index in [-0.39, 0.29) is 5.82 Å². The van der Waals surface area contributed by atoms with E-state index in [1.165, 1.54) is 6.07 Å². The van der Waals surface area contributed by atoms with Gasteiger partial charge in [-0.2, -0.15) is 0 Å². The number of aryl methyl sites for hydroxylation is 1. The third kappa shape index (κ3) is 2.90. The first-order valence-electron chi connectivity index (χ1n) is 4.15. The van der Waals surface area contributed by atoms with Crippen LogP contribution in [0.2, 0.25) is 5.02 Å². The fraction of sp³-hybridized carbons (Fsp3) is 0.273. The predicted molar refractivity (Wildman–Crippen MR) is 58.4 cm³/mol. The molecule has 1 aromatic rings. The zero-order valence-electron chi connectivity index (χ0n) is 7.70. The minimum absolute atomic E-state index is 0.287. The molecule has 0 bridgehead atoms. The van der Waals surface area contributed by atoms with Crippen LogP contribution in [0.4, 0.5) is 4.39 Å². The number of halogens is 3. The molecule has 0 aliphatic rings. The molecule has 0 saturated heterocycles. The van der Waals surface area contributed by atoms with E-state index in [1.54, 1.807) is 13.0 Å². The van der Waals surface area contributed by atoms with Crippen molar-refractivity contribution in [2.24, 2.45) is 0 Å². The molecule has 0 heterocycles. The number of hydrogen-bond donors (Lipinski definition) is 0. The van der Waals surface area contributed by atoms with Gasteiger partial charge in [0.1, 0.15) is 5.82 Å². The molecule has 0 spiro atoms. The van der Waals surface area contributed by atoms with E-state index in [2.05, 4.69) is 11.8 Å². The Kier molecular flexibility index (Phi) is 4.25. The molecule has 0 aliphatic carbocycles. The van der Waals surface area contributed by atoms with Crippen molar-refractivity contribution in [1.82, 2.24) is 0 Å². The number of alkyl halides is 1. The van der Waals surface area contributed by atoms with Crippen LogP contribution >= 0.6 is 23.2 Å². The summed E-state index contributed by atoms with van der Waals surface area (Å²) < 4.78 is 13.1. The fourth-order valence-corrected chi connectivity index (χ4v) is 1.31. The van der Waals surface area contributed by atoms with Crippen LogP contribution in [0.1, 0.15) is 17.5 Å². The highest BCUT2D eigenvalue weighted by molar-refractivity contribution is 6.31. The minimum Gasteiger partial charge on any atom is -0.207 e. The summed E-state index contributed by atoms with van der Waals surface area (Å²) in [6, 6.07) is 2.92. The highest BCUT2D eigenvalue weighted by Crippen LogP contribution is 2.19. The van der Waals surface area contributed by atoms with Crippen molar-refractivity contribution in [1.29, 1.82) is 0 Å². The quantitative estimate of drug-likeness (QED) is 0.509. The molecule has 0 amide bonds. The average molecular weight is 231 g/mol. The molecule has 0 atom stereocenters. The molecule has 0 N–H and O–H groups in total. The lowest BCUT2D eigenvalue weighted by Crippen LogP contribution is -1.86. The Morgan fingerprint density at radius 3 is 2.79 bits per heavy atom. The SMILES string of the molecule is Cc1cc(Cl)c(C#CCCCl)cc1F. The topological polar surface area (TPSA) is 0 Å². The Morgan fingerprint density at radius 2 is 2.14 bits per heavy atom. The van der Waals surface area contributed by atoms with E-state index in [9.17, 15) is 4.39 Å². The molecule has 0 aromatic heterocycles. The van der Waals surface area contributed by atoms with Crippen LogP contribution in [-0.4, -0.2) is 5.88 Å². The van der Waals surface area contributed by atoms with E-state index >= 15 is 0 Å². The van der Waals surface area contributed by atoms with Gasteiger partial charge in [-0.25, -0.2) is 4.39 Å². The van der Waals surface area contributed by atoms with E-state index in [1.807, 2.05) is 0 Å². The van der Waals surface area contributed by atoms with Crippen molar-refractivity contribution < 1.29 is 4.39 Å². The first kappa shape index (κ1) is 11.4. The Morgan fingerprint density at radius 1 is 1.43 bits per heavy atom. The van der Waals surface area contributed by atoms with Crippen LogP contribution in [0.5, 0.6) is 0 Å². The van der Waals surface area contributed by atoms with Gasteiger partial charge in [-0.05, 0) is 24.6 Å². The first-order chi connectivity index (χ1) is 6.65. The summed E-state index contributed by atoms with van der Waals surface area (Å²) in [6.45, 7) is 1.66. The molecule has 0 fully saturated rings. The highest BCUT2D eigenvalue weighted by Gasteiger charge is 2.02. The zero-order valence-corrected chi connectivity index (χ0v) is 9.21. The minimum atomic E-state index is -0.287. The molecule has 0 saturated carbocycles. The molecule has 0 aliphatic heterocycles. The first-order valence-corrected chi connectivity index (χ1v) is 5.07. The van der Waals surface area contributed by atoms with Crippen molar-refractivity contribution in [3.05, 3.63) is 34.1 Å². The summed E-state index contributed by atoms with van der Waals surface area (Å²) in [7, 11) is 0. The van der Waals surface area contributed by atoms with Crippen LogP contribution in [0, 0.1) is 24.6 Å². The van der Waals surface area contributed by atoms with Crippen molar-refractivity contribution >= 4 is 23.2 Å². The summed E-state index contributed by atoms with van der Waals surface area (Å²) in [6.07, 6.45) is 0.577. The van der Waals surface area contributed by atoms with E-state index in [4.69, 9.17) is 23.2 Å². The second kappa shape index (κ2) is 5.24. The number of benzene rings is 1. The summed E-state index contributed by atoms with van der Waals surface area (Å²) in [5.41, 5.74) is 1.04. The van der Waals surface area contributed by atoms with Gasteiger partial charge in [0, 0.05) is 17.9 Å². The van der Waals surface area contributed by atoms with Gasteiger partial charge in [0.15, 0.2) is 0 Å². The van der Waals surface area contributed by atoms with Crippen molar-refractivity contribution in [3.8, 4) is 11.8 Å². The smallest absolute Gasteiger partial charge is 0.127 e. The number of rotatable bonds is 1. The monoisotopic (exact) mass is 230 g/mol. The molecule has 0 nitrogen and oxygen atoms in total. The van der Waals surface area contributed by atoms with Crippen LogP contribution in [0.15, 0.2) is 12.1 Å². The molecular formula is C11H9Cl2F. The predicted octanol–water partition coefficient (Wildman–Crippen LogP) is 3.77. The normalized spacial score (nSPS) is 9.43. The molecule has 1 rings (SSSR count). The molecule has 14 heavy (non-hydrogen) atoms. The third-order valence-electron chi connectivity index (χ3n) is 1.69. The van der Waals surface area contributed by atoms with Gasteiger partial charge >= 0.3 is 0 Å². The van der Waals surface area contributed by atoms with Gasteiger partial charge < -0.3 is 0 Å². The van der Waals surface area contributed by atoms with Crippen LogP contribution < -0.4 is 0 Å².